The number of ether oxygens (including phenoxy) is 1. The summed E-state index contributed by atoms with van der Waals surface area (Å²) in [5, 5.41) is 0. The highest BCUT2D eigenvalue weighted by molar-refractivity contribution is 9.10. The Hall–Kier alpha value is -0.200. The van der Waals surface area contributed by atoms with Crippen LogP contribution in [0.3, 0.4) is 0 Å². The molecule has 3 atom stereocenters. The summed E-state index contributed by atoms with van der Waals surface area (Å²) in [5.41, 5.74) is 7.16. The summed E-state index contributed by atoms with van der Waals surface area (Å²) in [6, 6.07) is 4.46. The number of rotatable bonds is 3. The number of halogens is 2. The van der Waals surface area contributed by atoms with Crippen molar-refractivity contribution in [1.29, 1.82) is 0 Å². The fourth-order valence-corrected chi connectivity index (χ4v) is 3.03. The van der Waals surface area contributed by atoms with E-state index in [0.29, 0.717) is 12.1 Å². The number of aromatic nitrogens is 1. The SMILES string of the molecule is Cl.NC(CN1C[C@H]2C[C@@H]1CO2)c1cc(Br)ccn1. The number of hydrogen-bond donors (Lipinski definition) is 1. The summed E-state index contributed by atoms with van der Waals surface area (Å²) in [6.07, 6.45) is 3.39. The monoisotopic (exact) mass is 333 g/mol. The number of hydrogen-bond acceptors (Lipinski definition) is 4. The van der Waals surface area contributed by atoms with E-state index in [1.807, 2.05) is 12.1 Å². The molecular weight excluding hydrogens is 318 g/mol. The molecule has 0 aliphatic carbocycles. The lowest BCUT2D eigenvalue weighted by molar-refractivity contribution is 0.0282. The lowest BCUT2D eigenvalue weighted by Crippen LogP contribution is -2.41. The van der Waals surface area contributed by atoms with Gasteiger partial charge in [0.2, 0.25) is 0 Å². The Morgan fingerprint density at radius 3 is 3.06 bits per heavy atom. The van der Waals surface area contributed by atoms with E-state index in [0.717, 1.165) is 29.9 Å². The van der Waals surface area contributed by atoms with Gasteiger partial charge in [-0.05, 0) is 18.6 Å². The van der Waals surface area contributed by atoms with Gasteiger partial charge in [0.25, 0.3) is 0 Å². The normalized spacial score (nSPS) is 28.1. The van der Waals surface area contributed by atoms with E-state index in [2.05, 4.69) is 25.8 Å². The van der Waals surface area contributed by atoms with E-state index >= 15 is 0 Å². The van der Waals surface area contributed by atoms with Gasteiger partial charge in [0, 0.05) is 29.8 Å². The highest BCUT2D eigenvalue weighted by atomic mass is 79.9. The molecule has 1 unspecified atom stereocenters. The summed E-state index contributed by atoms with van der Waals surface area (Å²) in [6.45, 7) is 2.75. The third-order valence-corrected chi connectivity index (χ3v) is 4.06. The molecule has 6 heteroatoms. The average Bonchev–Trinajstić information content (AvgIpc) is 2.91. The highest BCUT2D eigenvalue weighted by Gasteiger charge is 2.39. The molecule has 3 heterocycles. The van der Waals surface area contributed by atoms with E-state index in [9.17, 15) is 0 Å². The first-order valence-electron chi connectivity index (χ1n) is 5.95. The molecule has 2 fully saturated rings. The fraction of sp³-hybridized carbons (Fsp3) is 0.583. The van der Waals surface area contributed by atoms with Crippen LogP contribution in [0.25, 0.3) is 0 Å². The third kappa shape index (κ3) is 2.86. The maximum absolute atomic E-state index is 6.21. The van der Waals surface area contributed by atoms with Crippen LogP contribution in [0.15, 0.2) is 22.8 Å². The summed E-state index contributed by atoms with van der Waals surface area (Å²) in [5.74, 6) is 0. The summed E-state index contributed by atoms with van der Waals surface area (Å²) in [7, 11) is 0. The van der Waals surface area contributed by atoms with Crippen molar-refractivity contribution >= 4 is 28.3 Å². The number of fused-ring (bicyclic) bond motifs is 2. The molecule has 100 valence electrons. The predicted molar refractivity (Wildman–Crippen MR) is 75.8 cm³/mol. The molecule has 0 aromatic carbocycles. The number of pyridine rings is 1. The lowest BCUT2D eigenvalue weighted by Gasteiger charge is -2.28. The van der Waals surface area contributed by atoms with Crippen molar-refractivity contribution in [2.24, 2.45) is 5.73 Å². The van der Waals surface area contributed by atoms with E-state index in [-0.39, 0.29) is 18.4 Å². The van der Waals surface area contributed by atoms with Crippen molar-refractivity contribution in [2.45, 2.75) is 24.6 Å². The Labute approximate surface area is 121 Å². The predicted octanol–water partition coefficient (Wildman–Crippen LogP) is 1.74. The van der Waals surface area contributed by atoms with Crippen LogP contribution in [0.1, 0.15) is 18.2 Å². The highest BCUT2D eigenvalue weighted by Crippen LogP contribution is 2.29. The van der Waals surface area contributed by atoms with Crippen LogP contribution in [0.2, 0.25) is 0 Å². The third-order valence-electron chi connectivity index (χ3n) is 3.57. The van der Waals surface area contributed by atoms with Gasteiger partial charge in [-0.15, -0.1) is 12.4 Å². The Morgan fingerprint density at radius 2 is 2.44 bits per heavy atom. The molecule has 0 radical (unpaired) electrons. The van der Waals surface area contributed by atoms with E-state index in [1.54, 1.807) is 6.20 Å². The maximum Gasteiger partial charge on any atom is 0.0718 e. The van der Waals surface area contributed by atoms with Crippen LogP contribution < -0.4 is 5.73 Å². The van der Waals surface area contributed by atoms with Crippen molar-refractivity contribution in [3.63, 3.8) is 0 Å². The Morgan fingerprint density at radius 1 is 1.61 bits per heavy atom. The topological polar surface area (TPSA) is 51.4 Å². The van der Waals surface area contributed by atoms with Crippen LogP contribution in [0.4, 0.5) is 0 Å². The first-order valence-corrected chi connectivity index (χ1v) is 6.74. The molecule has 1 aromatic heterocycles. The molecule has 18 heavy (non-hydrogen) atoms. The number of morpholine rings is 1. The minimum atomic E-state index is -0.0214. The van der Waals surface area contributed by atoms with Crippen molar-refractivity contribution in [2.75, 3.05) is 19.7 Å². The van der Waals surface area contributed by atoms with Gasteiger partial charge in [0.15, 0.2) is 0 Å². The lowest BCUT2D eigenvalue weighted by atomic mass is 10.1. The van der Waals surface area contributed by atoms with Crippen LogP contribution in [0, 0.1) is 0 Å². The molecule has 0 spiro atoms. The fourth-order valence-electron chi connectivity index (χ4n) is 2.67. The van der Waals surface area contributed by atoms with Gasteiger partial charge in [0.1, 0.15) is 0 Å². The molecule has 2 aliphatic rings. The molecule has 0 amide bonds. The standard InChI is InChI=1S/C12H16BrN3O.ClH/c13-8-1-2-15-12(3-8)11(14)6-16-5-10-4-9(16)7-17-10;/h1-3,9-11H,4-7,14H2;1H/t9-,10-,11?;/m1./s1. The van der Waals surface area contributed by atoms with Crippen molar-refractivity contribution < 1.29 is 4.74 Å². The van der Waals surface area contributed by atoms with Crippen LogP contribution in [-0.2, 0) is 4.74 Å². The molecule has 2 saturated heterocycles. The van der Waals surface area contributed by atoms with E-state index in [1.165, 1.54) is 6.42 Å². The quantitative estimate of drug-likeness (QED) is 0.915. The zero-order valence-corrected chi connectivity index (χ0v) is 12.4. The minimum absolute atomic E-state index is 0. The molecule has 3 rings (SSSR count). The second-order valence-electron chi connectivity index (χ2n) is 4.80. The molecule has 2 bridgehead atoms. The van der Waals surface area contributed by atoms with Gasteiger partial charge >= 0.3 is 0 Å². The molecule has 4 nitrogen and oxygen atoms in total. The summed E-state index contributed by atoms with van der Waals surface area (Å²) >= 11 is 3.45. The molecule has 2 N–H and O–H groups in total. The summed E-state index contributed by atoms with van der Waals surface area (Å²) in [4.78, 5) is 6.76. The van der Waals surface area contributed by atoms with Crippen LogP contribution in [0.5, 0.6) is 0 Å². The van der Waals surface area contributed by atoms with Gasteiger partial charge in [-0.25, -0.2) is 0 Å². The maximum atomic E-state index is 6.21. The van der Waals surface area contributed by atoms with E-state index < -0.39 is 0 Å². The Balaban J connectivity index is 0.00000120. The van der Waals surface area contributed by atoms with Gasteiger partial charge < -0.3 is 10.5 Å². The van der Waals surface area contributed by atoms with Gasteiger partial charge in [-0.2, -0.15) is 0 Å². The minimum Gasteiger partial charge on any atom is -0.375 e. The smallest absolute Gasteiger partial charge is 0.0718 e. The van der Waals surface area contributed by atoms with Gasteiger partial charge in [-0.3, -0.25) is 9.88 Å². The van der Waals surface area contributed by atoms with Crippen molar-refractivity contribution in [1.82, 2.24) is 9.88 Å². The zero-order chi connectivity index (χ0) is 11.8. The molecule has 1 aromatic rings. The van der Waals surface area contributed by atoms with Crippen molar-refractivity contribution in [3.05, 3.63) is 28.5 Å². The number of likely N-dealkylation sites (tertiary alicyclic amines) is 1. The molecule has 0 saturated carbocycles. The van der Waals surface area contributed by atoms with Crippen LogP contribution in [-0.4, -0.2) is 41.7 Å². The average molecular weight is 335 g/mol. The van der Waals surface area contributed by atoms with Gasteiger partial charge in [-0.1, -0.05) is 15.9 Å². The Bertz CT molecular complexity index is 420. The first-order chi connectivity index (χ1) is 8.22. The summed E-state index contributed by atoms with van der Waals surface area (Å²) < 4.78 is 6.61. The Kier molecular flexibility index (Phi) is 4.61. The molecule has 2 aliphatic heterocycles. The second-order valence-corrected chi connectivity index (χ2v) is 5.72. The molecular formula is C12H17BrClN3O. The number of nitrogens with zero attached hydrogens (tertiary/aromatic N) is 2. The van der Waals surface area contributed by atoms with Crippen LogP contribution >= 0.6 is 28.3 Å². The zero-order valence-electron chi connectivity index (χ0n) is 9.96. The first kappa shape index (κ1) is 14.2. The second kappa shape index (κ2) is 5.84. The van der Waals surface area contributed by atoms with Gasteiger partial charge in [0.05, 0.1) is 24.4 Å². The van der Waals surface area contributed by atoms with E-state index in [4.69, 9.17) is 10.5 Å². The largest absolute Gasteiger partial charge is 0.375 e. The number of nitrogens with two attached hydrogens (primary N) is 1. The van der Waals surface area contributed by atoms with Crippen molar-refractivity contribution in [3.8, 4) is 0 Å².